The van der Waals surface area contributed by atoms with E-state index in [4.69, 9.17) is 4.42 Å². The Balaban J connectivity index is 1.93. The fourth-order valence-electron chi connectivity index (χ4n) is 1.85. The Morgan fingerprint density at radius 3 is 2.65 bits per heavy atom. The molecule has 3 aromatic rings. The van der Waals surface area contributed by atoms with Crippen molar-refractivity contribution in [3.63, 3.8) is 0 Å². The standard InChI is InChI=1S/C15H10N2O3/c18-17(19)12-7-8-14-13(10-12)16-15(20-14)9-6-11-4-2-1-3-5-11/h1-10H/b9-6+. The van der Waals surface area contributed by atoms with Gasteiger partial charge in [-0.15, -0.1) is 0 Å². The van der Waals surface area contributed by atoms with Gasteiger partial charge < -0.3 is 4.42 Å². The van der Waals surface area contributed by atoms with E-state index in [1.807, 2.05) is 36.4 Å². The minimum absolute atomic E-state index is 0.00406. The fourth-order valence-corrected chi connectivity index (χ4v) is 1.85. The van der Waals surface area contributed by atoms with E-state index in [0.717, 1.165) is 5.56 Å². The summed E-state index contributed by atoms with van der Waals surface area (Å²) < 4.78 is 5.50. The van der Waals surface area contributed by atoms with Crippen molar-refractivity contribution < 1.29 is 9.34 Å². The van der Waals surface area contributed by atoms with E-state index in [9.17, 15) is 10.1 Å². The minimum atomic E-state index is -0.451. The normalized spacial score (nSPS) is 11.2. The number of rotatable bonds is 3. The van der Waals surface area contributed by atoms with Crippen molar-refractivity contribution in [3.8, 4) is 0 Å². The Morgan fingerprint density at radius 1 is 1.10 bits per heavy atom. The summed E-state index contributed by atoms with van der Waals surface area (Å²) in [6, 6.07) is 14.1. The molecule has 1 heterocycles. The summed E-state index contributed by atoms with van der Waals surface area (Å²) in [7, 11) is 0. The van der Waals surface area contributed by atoms with E-state index < -0.39 is 4.92 Å². The van der Waals surface area contributed by atoms with Gasteiger partial charge in [0.15, 0.2) is 5.58 Å². The lowest BCUT2D eigenvalue weighted by Gasteiger charge is -1.89. The maximum Gasteiger partial charge on any atom is 0.271 e. The smallest absolute Gasteiger partial charge is 0.271 e. The summed E-state index contributed by atoms with van der Waals surface area (Å²) in [5.74, 6) is 0.421. The molecule has 20 heavy (non-hydrogen) atoms. The van der Waals surface area contributed by atoms with E-state index in [0.29, 0.717) is 17.0 Å². The zero-order chi connectivity index (χ0) is 13.9. The second kappa shape index (κ2) is 4.97. The van der Waals surface area contributed by atoms with Gasteiger partial charge in [0, 0.05) is 18.2 Å². The number of benzene rings is 2. The molecule has 0 N–H and O–H groups in total. The Morgan fingerprint density at radius 2 is 1.90 bits per heavy atom. The third-order valence-electron chi connectivity index (χ3n) is 2.82. The maximum atomic E-state index is 10.7. The summed E-state index contributed by atoms with van der Waals surface area (Å²) in [5.41, 5.74) is 2.04. The molecular formula is C15H10N2O3. The largest absolute Gasteiger partial charge is 0.437 e. The van der Waals surface area contributed by atoms with Crippen LogP contribution in [0.3, 0.4) is 0 Å². The highest BCUT2D eigenvalue weighted by molar-refractivity contribution is 5.78. The van der Waals surface area contributed by atoms with E-state index in [1.165, 1.54) is 12.1 Å². The molecule has 0 aliphatic rings. The van der Waals surface area contributed by atoms with Crippen molar-refractivity contribution in [2.75, 3.05) is 0 Å². The average molecular weight is 266 g/mol. The second-order valence-electron chi connectivity index (χ2n) is 4.21. The fraction of sp³-hybridized carbons (Fsp3) is 0. The minimum Gasteiger partial charge on any atom is -0.437 e. The zero-order valence-electron chi connectivity index (χ0n) is 10.4. The number of oxazole rings is 1. The molecule has 0 radical (unpaired) electrons. The molecule has 0 amide bonds. The van der Waals surface area contributed by atoms with Crippen LogP contribution in [0.15, 0.2) is 52.9 Å². The Kier molecular flexibility index (Phi) is 3.01. The van der Waals surface area contributed by atoms with Crippen LogP contribution >= 0.6 is 0 Å². The van der Waals surface area contributed by atoms with Gasteiger partial charge in [-0.2, -0.15) is 0 Å². The molecule has 0 unspecified atom stereocenters. The van der Waals surface area contributed by atoms with Crippen molar-refractivity contribution in [2.24, 2.45) is 0 Å². The molecule has 1 aromatic heterocycles. The Bertz CT molecular complexity index is 791. The van der Waals surface area contributed by atoms with E-state index in [1.54, 1.807) is 12.1 Å². The molecular weight excluding hydrogens is 256 g/mol. The van der Waals surface area contributed by atoms with Crippen molar-refractivity contribution in [2.45, 2.75) is 0 Å². The van der Waals surface area contributed by atoms with Gasteiger partial charge in [-0.25, -0.2) is 4.98 Å². The van der Waals surface area contributed by atoms with Gasteiger partial charge in [0.1, 0.15) is 5.52 Å². The number of hydrogen-bond acceptors (Lipinski definition) is 4. The second-order valence-corrected chi connectivity index (χ2v) is 4.21. The lowest BCUT2D eigenvalue weighted by molar-refractivity contribution is -0.384. The van der Waals surface area contributed by atoms with E-state index in [2.05, 4.69) is 4.98 Å². The molecule has 0 fully saturated rings. The van der Waals surface area contributed by atoms with Crippen molar-refractivity contribution in [3.05, 3.63) is 70.1 Å². The molecule has 0 saturated carbocycles. The number of nitrogens with zero attached hydrogens (tertiary/aromatic N) is 2. The molecule has 0 spiro atoms. The van der Waals surface area contributed by atoms with Gasteiger partial charge in [-0.05, 0) is 17.7 Å². The van der Waals surface area contributed by atoms with Crippen LogP contribution in [-0.4, -0.2) is 9.91 Å². The topological polar surface area (TPSA) is 69.2 Å². The van der Waals surface area contributed by atoms with Gasteiger partial charge in [0.05, 0.1) is 4.92 Å². The molecule has 98 valence electrons. The molecule has 0 bridgehead atoms. The first-order chi connectivity index (χ1) is 9.72. The lowest BCUT2D eigenvalue weighted by Crippen LogP contribution is -1.86. The van der Waals surface area contributed by atoms with Crippen LogP contribution in [0, 0.1) is 10.1 Å². The maximum absolute atomic E-state index is 10.7. The first-order valence-electron chi connectivity index (χ1n) is 6.00. The third kappa shape index (κ3) is 2.42. The van der Waals surface area contributed by atoms with Gasteiger partial charge >= 0.3 is 0 Å². The molecule has 0 aliphatic carbocycles. The molecule has 0 saturated heterocycles. The summed E-state index contributed by atoms with van der Waals surface area (Å²) in [4.78, 5) is 14.5. The van der Waals surface area contributed by atoms with Crippen molar-refractivity contribution >= 4 is 28.9 Å². The van der Waals surface area contributed by atoms with Gasteiger partial charge in [0.25, 0.3) is 5.69 Å². The Labute approximate surface area is 114 Å². The lowest BCUT2D eigenvalue weighted by atomic mass is 10.2. The number of fused-ring (bicyclic) bond motifs is 1. The molecule has 5 heteroatoms. The highest BCUT2D eigenvalue weighted by Crippen LogP contribution is 2.22. The Hall–Kier alpha value is -2.95. The van der Waals surface area contributed by atoms with Gasteiger partial charge in [0.2, 0.25) is 5.89 Å². The zero-order valence-corrected chi connectivity index (χ0v) is 10.4. The summed E-state index contributed by atoms with van der Waals surface area (Å²) in [6.45, 7) is 0. The van der Waals surface area contributed by atoms with Crippen molar-refractivity contribution in [1.29, 1.82) is 0 Å². The summed E-state index contributed by atoms with van der Waals surface area (Å²) in [6.07, 6.45) is 3.61. The van der Waals surface area contributed by atoms with Crippen LogP contribution < -0.4 is 0 Å². The number of non-ortho nitro benzene ring substituents is 1. The van der Waals surface area contributed by atoms with Gasteiger partial charge in [-0.3, -0.25) is 10.1 Å². The molecule has 5 nitrogen and oxygen atoms in total. The van der Waals surface area contributed by atoms with Crippen LogP contribution in [0.2, 0.25) is 0 Å². The van der Waals surface area contributed by atoms with E-state index >= 15 is 0 Å². The van der Waals surface area contributed by atoms with Crippen LogP contribution in [0.1, 0.15) is 11.5 Å². The highest BCUT2D eigenvalue weighted by atomic mass is 16.6. The molecule has 3 rings (SSSR count). The monoisotopic (exact) mass is 266 g/mol. The number of nitro groups is 1. The summed E-state index contributed by atoms with van der Waals surface area (Å²) in [5, 5.41) is 10.7. The quantitative estimate of drug-likeness (QED) is 0.532. The van der Waals surface area contributed by atoms with Crippen LogP contribution in [-0.2, 0) is 0 Å². The highest BCUT2D eigenvalue weighted by Gasteiger charge is 2.10. The van der Waals surface area contributed by atoms with Crippen LogP contribution in [0.5, 0.6) is 0 Å². The van der Waals surface area contributed by atoms with Crippen molar-refractivity contribution in [1.82, 2.24) is 4.98 Å². The number of aromatic nitrogens is 1. The SMILES string of the molecule is O=[N+]([O-])c1ccc2oc(/C=C/c3ccccc3)nc2c1. The first-order valence-corrected chi connectivity index (χ1v) is 6.00. The average Bonchev–Trinajstić information content (AvgIpc) is 2.88. The molecule has 0 atom stereocenters. The van der Waals surface area contributed by atoms with Gasteiger partial charge in [-0.1, -0.05) is 30.3 Å². The van der Waals surface area contributed by atoms with Crippen LogP contribution in [0.4, 0.5) is 5.69 Å². The van der Waals surface area contributed by atoms with Crippen LogP contribution in [0.25, 0.3) is 23.3 Å². The predicted octanol–water partition coefficient (Wildman–Crippen LogP) is 3.91. The molecule has 0 aliphatic heterocycles. The third-order valence-corrected chi connectivity index (χ3v) is 2.82. The number of nitro benzene ring substituents is 1. The number of hydrogen-bond donors (Lipinski definition) is 0. The summed E-state index contributed by atoms with van der Waals surface area (Å²) >= 11 is 0. The molecule has 2 aromatic carbocycles. The predicted molar refractivity (Wildman–Crippen MR) is 76.0 cm³/mol. The first kappa shape index (κ1) is 12.1. The van der Waals surface area contributed by atoms with E-state index in [-0.39, 0.29) is 5.69 Å².